The van der Waals surface area contributed by atoms with Crippen LogP contribution in [-0.2, 0) is 17.8 Å². The van der Waals surface area contributed by atoms with Crippen LogP contribution < -0.4 is 10.9 Å². The first-order valence-corrected chi connectivity index (χ1v) is 11.1. The van der Waals surface area contributed by atoms with Gasteiger partial charge in [0.2, 0.25) is 11.9 Å². The molecule has 0 unspecified atom stereocenters. The smallest absolute Gasteiger partial charge is 0.277 e. The lowest BCUT2D eigenvalue weighted by Crippen LogP contribution is -2.43. The molecular weight excluding hydrogens is 392 g/mol. The number of anilines is 1. The van der Waals surface area contributed by atoms with Crippen LogP contribution in [0.2, 0.25) is 0 Å². The molecule has 3 aromatic rings. The van der Waals surface area contributed by atoms with Gasteiger partial charge in [0.05, 0.1) is 5.69 Å². The van der Waals surface area contributed by atoms with E-state index in [1.807, 2.05) is 42.2 Å². The summed E-state index contributed by atoms with van der Waals surface area (Å²) in [7, 11) is 0. The molecule has 1 atom stereocenters. The first kappa shape index (κ1) is 21.1. The summed E-state index contributed by atoms with van der Waals surface area (Å²) >= 11 is 0. The van der Waals surface area contributed by atoms with Gasteiger partial charge in [0, 0.05) is 31.1 Å². The Labute approximate surface area is 181 Å². The molecule has 8 nitrogen and oxygen atoms in total. The van der Waals surface area contributed by atoms with E-state index in [9.17, 15) is 9.59 Å². The molecule has 1 aliphatic rings. The van der Waals surface area contributed by atoms with E-state index in [1.54, 1.807) is 0 Å². The Bertz CT molecular complexity index is 1100. The number of carbonyl (C=O) groups excluding carboxylic acids is 1. The highest BCUT2D eigenvalue weighted by molar-refractivity contribution is 5.77. The molecule has 8 heteroatoms. The highest BCUT2D eigenvalue weighted by Crippen LogP contribution is 2.21. The van der Waals surface area contributed by atoms with Crippen LogP contribution in [0.4, 0.5) is 5.95 Å². The summed E-state index contributed by atoms with van der Waals surface area (Å²) in [6.45, 7) is 5.35. The third-order valence-electron chi connectivity index (χ3n) is 6.11. The van der Waals surface area contributed by atoms with Crippen LogP contribution in [0.3, 0.4) is 0 Å². The normalized spacial score (nSPS) is 16.6. The van der Waals surface area contributed by atoms with Gasteiger partial charge in [0.25, 0.3) is 11.3 Å². The number of amides is 1. The first-order valence-electron chi connectivity index (χ1n) is 11.1. The molecule has 1 fully saturated rings. The number of hydrogen-bond acceptors (Lipinski definition) is 5. The number of H-pyrrole nitrogens is 1. The Morgan fingerprint density at radius 2 is 2.03 bits per heavy atom. The van der Waals surface area contributed by atoms with Crippen molar-refractivity contribution in [1.82, 2.24) is 24.5 Å². The molecule has 0 bridgehead atoms. The highest BCUT2D eigenvalue weighted by atomic mass is 16.2. The quantitative estimate of drug-likeness (QED) is 0.610. The molecule has 4 rings (SSSR count). The summed E-state index contributed by atoms with van der Waals surface area (Å²) in [5.41, 5.74) is 2.11. The zero-order chi connectivity index (χ0) is 21.8. The Morgan fingerprint density at radius 1 is 1.23 bits per heavy atom. The van der Waals surface area contributed by atoms with Crippen LogP contribution in [0.15, 0.2) is 35.1 Å². The zero-order valence-corrected chi connectivity index (χ0v) is 18.2. The maximum Gasteiger partial charge on any atom is 0.277 e. The molecule has 31 heavy (non-hydrogen) atoms. The molecular formula is C23H30N6O2. The van der Waals surface area contributed by atoms with Crippen molar-refractivity contribution in [3.63, 3.8) is 0 Å². The van der Waals surface area contributed by atoms with Gasteiger partial charge in [-0.2, -0.15) is 9.50 Å². The molecule has 164 valence electrons. The maximum absolute atomic E-state index is 13.0. The minimum atomic E-state index is -0.193. The van der Waals surface area contributed by atoms with Crippen molar-refractivity contribution < 1.29 is 4.79 Å². The van der Waals surface area contributed by atoms with Gasteiger partial charge in [0.15, 0.2) is 0 Å². The summed E-state index contributed by atoms with van der Waals surface area (Å²) in [6.07, 6.45) is 5.01. The van der Waals surface area contributed by atoms with Crippen LogP contribution in [0, 0.1) is 6.92 Å². The molecule has 1 aromatic carbocycles. The van der Waals surface area contributed by atoms with Crippen molar-refractivity contribution in [3.8, 4) is 0 Å². The van der Waals surface area contributed by atoms with Crippen molar-refractivity contribution in [2.24, 2.45) is 0 Å². The van der Waals surface area contributed by atoms with Gasteiger partial charge in [-0.1, -0.05) is 37.3 Å². The van der Waals surface area contributed by atoms with E-state index < -0.39 is 0 Å². The number of likely N-dealkylation sites (tertiary alicyclic amines) is 1. The van der Waals surface area contributed by atoms with Crippen molar-refractivity contribution in [3.05, 3.63) is 57.5 Å². The second-order valence-corrected chi connectivity index (χ2v) is 8.17. The number of fused-ring (bicyclic) bond motifs is 1. The van der Waals surface area contributed by atoms with E-state index in [-0.39, 0.29) is 11.5 Å². The van der Waals surface area contributed by atoms with E-state index in [0.717, 1.165) is 31.4 Å². The van der Waals surface area contributed by atoms with Crippen LogP contribution in [-0.4, -0.2) is 43.0 Å². The van der Waals surface area contributed by atoms with Crippen LogP contribution in [0.25, 0.3) is 5.78 Å². The standard InChI is InChI=1S/C23H30N6O2/c1-3-18-11-7-8-14-28(18)20(30)13-12-19-16(2)25-23-26-22(27-29(23)21(19)31)24-15-17-9-5-4-6-10-17/h4-6,9-10,18H,3,7-8,11-15H2,1-2H3,(H2,24,25,26,27)/t18-/m1/s1. The van der Waals surface area contributed by atoms with Gasteiger partial charge < -0.3 is 10.2 Å². The average molecular weight is 423 g/mol. The van der Waals surface area contributed by atoms with Gasteiger partial charge >= 0.3 is 0 Å². The fourth-order valence-electron chi connectivity index (χ4n) is 4.33. The maximum atomic E-state index is 13.0. The molecule has 0 saturated carbocycles. The van der Waals surface area contributed by atoms with E-state index >= 15 is 0 Å². The molecule has 1 aliphatic heterocycles. The Balaban J connectivity index is 1.48. The highest BCUT2D eigenvalue weighted by Gasteiger charge is 2.25. The van der Waals surface area contributed by atoms with Crippen molar-refractivity contribution >= 4 is 17.6 Å². The lowest BCUT2D eigenvalue weighted by Gasteiger charge is -2.35. The van der Waals surface area contributed by atoms with E-state index in [0.29, 0.717) is 48.4 Å². The molecule has 0 aliphatic carbocycles. The molecule has 3 heterocycles. The van der Waals surface area contributed by atoms with E-state index in [1.165, 1.54) is 10.9 Å². The second-order valence-electron chi connectivity index (χ2n) is 8.17. The van der Waals surface area contributed by atoms with E-state index in [4.69, 9.17) is 0 Å². The molecule has 0 radical (unpaired) electrons. The number of aromatic amines is 1. The number of aryl methyl sites for hydroxylation is 1. The average Bonchev–Trinajstić information content (AvgIpc) is 3.21. The summed E-state index contributed by atoms with van der Waals surface area (Å²) in [6, 6.07) is 10.3. The predicted octanol–water partition coefficient (Wildman–Crippen LogP) is 3.06. The number of aromatic nitrogens is 4. The predicted molar refractivity (Wildman–Crippen MR) is 120 cm³/mol. The summed E-state index contributed by atoms with van der Waals surface area (Å²) in [5.74, 6) is 0.945. The zero-order valence-electron chi connectivity index (χ0n) is 18.2. The van der Waals surface area contributed by atoms with Crippen molar-refractivity contribution in [2.45, 2.75) is 65.0 Å². The van der Waals surface area contributed by atoms with Crippen molar-refractivity contribution in [2.75, 3.05) is 11.9 Å². The monoisotopic (exact) mass is 422 g/mol. The number of carbonyl (C=O) groups is 1. The van der Waals surface area contributed by atoms with Gasteiger partial charge in [-0.05, 0) is 44.6 Å². The van der Waals surface area contributed by atoms with Crippen LogP contribution in [0.5, 0.6) is 0 Å². The molecule has 1 amide bonds. The Hall–Kier alpha value is -3.16. The largest absolute Gasteiger partial charge is 0.351 e. The van der Waals surface area contributed by atoms with Gasteiger partial charge in [-0.15, -0.1) is 0 Å². The third-order valence-corrected chi connectivity index (χ3v) is 6.11. The fourth-order valence-corrected chi connectivity index (χ4v) is 4.33. The number of piperidine rings is 1. The molecule has 2 aromatic heterocycles. The molecule has 1 saturated heterocycles. The summed E-state index contributed by atoms with van der Waals surface area (Å²) in [5, 5.41) is 6.19. The van der Waals surface area contributed by atoms with Crippen LogP contribution >= 0.6 is 0 Å². The minimum absolute atomic E-state index is 0.130. The molecule has 0 spiro atoms. The Kier molecular flexibility index (Phi) is 6.34. The Morgan fingerprint density at radius 3 is 2.81 bits per heavy atom. The van der Waals surface area contributed by atoms with Gasteiger partial charge in [0.1, 0.15) is 0 Å². The number of hydrogen-bond donors (Lipinski definition) is 2. The number of rotatable bonds is 7. The van der Waals surface area contributed by atoms with Gasteiger partial charge in [-0.3, -0.25) is 14.7 Å². The molecule has 2 N–H and O–H groups in total. The third kappa shape index (κ3) is 4.62. The lowest BCUT2D eigenvalue weighted by molar-refractivity contribution is -0.134. The lowest BCUT2D eigenvalue weighted by atomic mass is 9.99. The topological polar surface area (TPSA) is 95.4 Å². The first-order chi connectivity index (χ1) is 15.1. The van der Waals surface area contributed by atoms with Crippen molar-refractivity contribution in [1.29, 1.82) is 0 Å². The van der Waals surface area contributed by atoms with E-state index in [2.05, 4.69) is 27.3 Å². The van der Waals surface area contributed by atoms with Gasteiger partial charge in [-0.25, -0.2) is 4.98 Å². The number of nitrogens with zero attached hydrogens (tertiary/aromatic N) is 4. The number of benzene rings is 1. The minimum Gasteiger partial charge on any atom is -0.351 e. The summed E-state index contributed by atoms with van der Waals surface area (Å²) < 4.78 is 1.36. The second kappa shape index (κ2) is 9.32. The SMILES string of the molecule is CC[C@@H]1CCCCN1C(=O)CCc1c(C)nc2nc(NCc3ccccc3)[nH]n2c1=O. The number of nitrogens with one attached hydrogen (secondary N) is 2. The van der Waals surface area contributed by atoms with Crippen LogP contribution in [0.1, 0.15) is 55.8 Å². The summed E-state index contributed by atoms with van der Waals surface area (Å²) in [4.78, 5) is 36.7. The fraction of sp³-hybridized carbons (Fsp3) is 0.478.